The van der Waals surface area contributed by atoms with Crippen LogP contribution in [0.4, 0.5) is 11.4 Å². The van der Waals surface area contributed by atoms with Crippen LogP contribution >= 0.6 is 0 Å². The van der Waals surface area contributed by atoms with Crippen LogP contribution in [-0.2, 0) is 26.2 Å². The van der Waals surface area contributed by atoms with Crippen LogP contribution in [0, 0.1) is 10.1 Å². The molecule has 2 rings (SSSR count). The minimum Gasteiger partial charge on any atom is -0.495 e. The predicted octanol–water partition coefficient (Wildman–Crippen LogP) is 2.31. The first-order valence-corrected chi connectivity index (χ1v) is 12.8. The first-order valence-electron chi connectivity index (χ1n) is 10.9. The van der Waals surface area contributed by atoms with Crippen molar-refractivity contribution in [1.29, 1.82) is 0 Å². The van der Waals surface area contributed by atoms with E-state index in [2.05, 4.69) is 5.32 Å². The van der Waals surface area contributed by atoms with Crippen molar-refractivity contribution in [2.75, 3.05) is 30.8 Å². The minimum absolute atomic E-state index is 0.0390. The summed E-state index contributed by atoms with van der Waals surface area (Å²) in [6.07, 6.45) is 1.59. The van der Waals surface area contributed by atoms with Gasteiger partial charge in [-0.15, -0.1) is 0 Å². The van der Waals surface area contributed by atoms with Crippen LogP contribution in [0.5, 0.6) is 5.75 Å². The molecule has 0 aliphatic carbocycles. The first kappa shape index (κ1) is 27.6. The number of ether oxygens (including phenoxy) is 1. The van der Waals surface area contributed by atoms with Crippen molar-refractivity contribution >= 4 is 33.2 Å². The van der Waals surface area contributed by atoms with Crippen LogP contribution < -0.4 is 14.4 Å². The van der Waals surface area contributed by atoms with Crippen LogP contribution in [0.3, 0.4) is 0 Å². The summed E-state index contributed by atoms with van der Waals surface area (Å²) in [6.45, 7) is 3.26. The summed E-state index contributed by atoms with van der Waals surface area (Å²) in [7, 11) is -2.79. The molecule has 2 aromatic rings. The Bertz CT molecular complexity index is 1160. The lowest BCUT2D eigenvalue weighted by atomic mass is 10.1. The average Bonchev–Trinajstić information content (AvgIpc) is 2.83. The lowest BCUT2D eigenvalue weighted by Gasteiger charge is -2.31. The topological polar surface area (TPSA) is 139 Å². The number of hydrogen-bond donors (Lipinski definition) is 1. The van der Waals surface area contributed by atoms with E-state index in [1.165, 1.54) is 24.1 Å². The Hall–Kier alpha value is -3.67. The maximum Gasteiger partial charge on any atom is 0.271 e. The van der Waals surface area contributed by atoms with E-state index in [0.29, 0.717) is 13.0 Å². The summed E-state index contributed by atoms with van der Waals surface area (Å²) in [5, 5.41) is 14.0. The van der Waals surface area contributed by atoms with E-state index in [1.807, 2.05) is 13.0 Å². The second-order valence-corrected chi connectivity index (χ2v) is 9.76. The maximum atomic E-state index is 13.5. The molecule has 1 atom stereocenters. The molecule has 0 aliphatic heterocycles. The maximum absolute atomic E-state index is 13.5. The van der Waals surface area contributed by atoms with Gasteiger partial charge in [0.05, 0.1) is 18.3 Å². The van der Waals surface area contributed by atoms with Gasteiger partial charge in [-0.3, -0.25) is 24.0 Å². The van der Waals surface area contributed by atoms with Crippen LogP contribution in [0.2, 0.25) is 0 Å². The van der Waals surface area contributed by atoms with Crippen molar-refractivity contribution in [3.05, 3.63) is 64.2 Å². The molecule has 0 unspecified atom stereocenters. The minimum atomic E-state index is -4.07. The smallest absolute Gasteiger partial charge is 0.271 e. The van der Waals surface area contributed by atoms with E-state index in [4.69, 9.17) is 4.74 Å². The Kier molecular flexibility index (Phi) is 9.58. The van der Waals surface area contributed by atoms with Crippen molar-refractivity contribution < 1.29 is 27.7 Å². The molecule has 0 saturated carbocycles. The van der Waals surface area contributed by atoms with E-state index in [1.54, 1.807) is 31.2 Å². The third-order valence-corrected chi connectivity index (χ3v) is 6.36. The lowest BCUT2D eigenvalue weighted by Crippen LogP contribution is -2.51. The molecule has 190 valence electrons. The van der Waals surface area contributed by atoms with Gasteiger partial charge in [0.1, 0.15) is 24.0 Å². The van der Waals surface area contributed by atoms with Crippen LogP contribution in [-0.4, -0.2) is 62.6 Å². The monoisotopic (exact) mass is 506 g/mol. The van der Waals surface area contributed by atoms with Crippen molar-refractivity contribution in [2.24, 2.45) is 0 Å². The molecule has 2 amide bonds. The summed E-state index contributed by atoms with van der Waals surface area (Å²) in [5.41, 5.74) is 0.227. The Balaban J connectivity index is 2.48. The third kappa shape index (κ3) is 7.41. The molecule has 0 radical (unpaired) electrons. The highest BCUT2D eigenvalue weighted by molar-refractivity contribution is 7.92. The summed E-state index contributed by atoms with van der Waals surface area (Å²) in [5.74, 6) is -1.00. The molecule has 0 heterocycles. The van der Waals surface area contributed by atoms with Crippen LogP contribution in [0.15, 0.2) is 48.5 Å². The number of anilines is 1. The molecule has 0 bridgehead atoms. The SMILES string of the molecule is CCCNC(=O)[C@H](C)N(Cc1ccccc1)C(=O)CN(c1cc([N+](=O)[O-])ccc1OC)S(C)(=O)=O. The van der Waals surface area contributed by atoms with Crippen molar-refractivity contribution in [2.45, 2.75) is 32.9 Å². The lowest BCUT2D eigenvalue weighted by molar-refractivity contribution is -0.384. The highest BCUT2D eigenvalue weighted by atomic mass is 32.2. The fourth-order valence-electron chi connectivity index (χ4n) is 3.34. The zero-order chi connectivity index (χ0) is 26.2. The van der Waals surface area contributed by atoms with Gasteiger partial charge < -0.3 is 15.0 Å². The number of amides is 2. The summed E-state index contributed by atoms with van der Waals surface area (Å²) in [6, 6.07) is 11.5. The summed E-state index contributed by atoms with van der Waals surface area (Å²) >= 11 is 0. The van der Waals surface area contributed by atoms with Gasteiger partial charge in [0.25, 0.3) is 5.69 Å². The Morgan fingerprint density at radius 1 is 1.17 bits per heavy atom. The molecule has 0 fully saturated rings. The predicted molar refractivity (Wildman–Crippen MR) is 132 cm³/mol. The zero-order valence-electron chi connectivity index (χ0n) is 20.1. The van der Waals surface area contributed by atoms with E-state index >= 15 is 0 Å². The molecular formula is C23H30N4O7S. The van der Waals surface area contributed by atoms with E-state index in [0.717, 1.165) is 22.2 Å². The molecular weight excluding hydrogens is 476 g/mol. The molecule has 1 N–H and O–H groups in total. The van der Waals surface area contributed by atoms with Gasteiger partial charge in [-0.2, -0.15) is 0 Å². The number of benzene rings is 2. The number of rotatable bonds is 12. The Morgan fingerprint density at radius 2 is 1.83 bits per heavy atom. The van der Waals surface area contributed by atoms with Gasteiger partial charge in [-0.1, -0.05) is 37.3 Å². The second kappa shape index (κ2) is 12.2. The number of carbonyl (C=O) groups is 2. The number of hydrogen-bond acceptors (Lipinski definition) is 7. The molecule has 0 spiro atoms. The molecule has 35 heavy (non-hydrogen) atoms. The van der Waals surface area contributed by atoms with Gasteiger partial charge in [0.15, 0.2) is 0 Å². The van der Waals surface area contributed by atoms with E-state index in [9.17, 15) is 28.1 Å². The number of non-ortho nitro benzene ring substituents is 1. The zero-order valence-corrected chi connectivity index (χ0v) is 20.9. The molecule has 11 nitrogen and oxygen atoms in total. The number of nitrogens with zero attached hydrogens (tertiary/aromatic N) is 3. The quantitative estimate of drug-likeness (QED) is 0.344. The van der Waals surface area contributed by atoms with Crippen molar-refractivity contribution in [3.8, 4) is 5.75 Å². The number of sulfonamides is 1. The van der Waals surface area contributed by atoms with Crippen molar-refractivity contribution in [1.82, 2.24) is 10.2 Å². The average molecular weight is 507 g/mol. The number of nitro groups is 1. The van der Waals surface area contributed by atoms with E-state index < -0.39 is 33.4 Å². The van der Waals surface area contributed by atoms with Crippen LogP contribution in [0.25, 0.3) is 0 Å². The standard InChI is InChI=1S/C23H30N4O7S/c1-5-13-24-23(29)17(2)25(15-18-9-7-6-8-10-18)22(28)16-26(35(4,32)33)20-14-19(27(30)31)11-12-21(20)34-3/h6-12,14,17H,5,13,15-16H2,1-4H3,(H,24,29)/t17-/m0/s1. The Labute approximate surface area is 204 Å². The fraction of sp³-hybridized carbons (Fsp3) is 0.391. The molecule has 12 heteroatoms. The van der Waals surface area contributed by atoms with E-state index in [-0.39, 0.29) is 29.6 Å². The Morgan fingerprint density at radius 3 is 2.37 bits per heavy atom. The second-order valence-electron chi connectivity index (χ2n) is 7.86. The number of nitrogens with one attached hydrogen (secondary N) is 1. The van der Waals surface area contributed by atoms with Gasteiger partial charge >= 0.3 is 0 Å². The molecule has 0 aliphatic rings. The number of methoxy groups -OCH3 is 1. The molecule has 0 aromatic heterocycles. The number of nitro benzene ring substituents is 1. The highest BCUT2D eigenvalue weighted by Crippen LogP contribution is 2.33. The van der Waals surface area contributed by atoms with Gasteiger partial charge in [-0.05, 0) is 25.0 Å². The molecule has 0 saturated heterocycles. The first-order chi connectivity index (χ1) is 16.5. The normalized spacial score (nSPS) is 11.9. The molecule has 2 aromatic carbocycles. The largest absolute Gasteiger partial charge is 0.495 e. The van der Waals surface area contributed by atoms with Gasteiger partial charge in [0.2, 0.25) is 21.8 Å². The number of carbonyl (C=O) groups excluding carboxylic acids is 2. The van der Waals surface area contributed by atoms with Crippen molar-refractivity contribution in [3.63, 3.8) is 0 Å². The van der Waals surface area contributed by atoms with Gasteiger partial charge in [0, 0.05) is 25.2 Å². The van der Waals surface area contributed by atoms with Gasteiger partial charge in [-0.25, -0.2) is 8.42 Å². The summed E-state index contributed by atoms with van der Waals surface area (Å²) < 4.78 is 31.3. The fourth-order valence-corrected chi connectivity index (χ4v) is 4.19. The summed E-state index contributed by atoms with van der Waals surface area (Å²) in [4.78, 5) is 38.1. The van der Waals surface area contributed by atoms with Crippen LogP contribution in [0.1, 0.15) is 25.8 Å². The highest BCUT2D eigenvalue weighted by Gasteiger charge is 2.31. The third-order valence-electron chi connectivity index (χ3n) is 5.23.